The summed E-state index contributed by atoms with van der Waals surface area (Å²) in [6.07, 6.45) is 0.451. The minimum absolute atomic E-state index is 0.217. The van der Waals surface area contributed by atoms with Gasteiger partial charge >= 0.3 is 5.97 Å². The molecule has 1 aliphatic rings. The van der Waals surface area contributed by atoms with Crippen LogP contribution in [0.3, 0.4) is 0 Å². The van der Waals surface area contributed by atoms with Crippen LogP contribution in [0.1, 0.15) is 33.1 Å². The lowest BCUT2D eigenvalue weighted by atomic mass is 9.96. The van der Waals surface area contributed by atoms with Crippen LogP contribution in [0.4, 0.5) is 0 Å². The quantitative estimate of drug-likeness (QED) is 0.522. The summed E-state index contributed by atoms with van der Waals surface area (Å²) in [6.45, 7) is 3.19. The SMILES string of the molecule is CCOC(=O)C1CCC(C(=O)CC(C)=O)C1=O. The molecule has 0 spiro atoms. The third-order valence-corrected chi connectivity index (χ3v) is 2.81. The minimum atomic E-state index is -0.823. The van der Waals surface area contributed by atoms with Crippen LogP contribution in [-0.4, -0.2) is 29.9 Å². The zero-order valence-corrected chi connectivity index (χ0v) is 10.0. The maximum atomic E-state index is 11.8. The molecule has 0 N–H and O–H groups in total. The highest BCUT2D eigenvalue weighted by molar-refractivity contribution is 6.14. The standard InChI is InChI=1S/C12H16O5/c1-3-17-12(16)9-5-4-8(11(9)15)10(14)6-7(2)13/h8-9H,3-6H2,1-2H3. The Kier molecular flexibility index (Phi) is 4.54. The van der Waals surface area contributed by atoms with Crippen LogP contribution in [0.2, 0.25) is 0 Å². The van der Waals surface area contributed by atoms with Crippen molar-refractivity contribution in [1.82, 2.24) is 0 Å². The van der Waals surface area contributed by atoms with Crippen molar-refractivity contribution in [2.75, 3.05) is 6.61 Å². The monoisotopic (exact) mass is 240 g/mol. The van der Waals surface area contributed by atoms with Gasteiger partial charge in [0.1, 0.15) is 11.7 Å². The van der Waals surface area contributed by atoms with Crippen LogP contribution >= 0.6 is 0 Å². The molecular weight excluding hydrogens is 224 g/mol. The predicted molar refractivity (Wildman–Crippen MR) is 58.2 cm³/mol. The number of Topliss-reactive ketones (excluding diaryl/α,β-unsaturated/α-hetero) is 3. The molecule has 0 aromatic rings. The van der Waals surface area contributed by atoms with Crippen LogP contribution < -0.4 is 0 Å². The summed E-state index contributed by atoms with van der Waals surface area (Å²) < 4.78 is 4.77. The molecule has 0 aliphatic heterocycles. The molecule has 1 aliphatic carbocycles. The van der Waals surface area contributed by atoms with Gasteiger partial charge in [-0.05, 0) is 26.7 Å². The Morgan fingerprint density at radius 1 is 1.24 bits per heavy atom. The second kappa shape index (κ2) is 5.70. The van der Waals surface area contributed by atoms with Crippen LogP contribution in [0.5, 0.6) is 0 Å². The number of hydrogen-bond acceptors (Lipinski definition) is 5. The summed E-state index contributed by atoms with van der Waals surface area (Å²) in [7, 11) is 0. The molecule has 0 heterocycles. The minimum Gasteiger partial charge on any atom is -0.465 e. The summed E-state index contributed by atoms with van der Waals surface area (Å²) >= 11 is 0. The number of ether oxygens (including phenoxy) is 1. The summed E-state index contributed by atoms with van der Waals surface area (Å²) in [4.78, 5) is 45.6. The zero-order chi connectivity index (χ0) is 13.0. The largest absolute Gasteiger partial charge is 0.465 e. The summed E-state index contributed by atoms with van der Waals surface area (Å²) in [5.41, 5.74) is 0. The molecule has 5 heteroatoms. The van der Waals surface area contributed by atoms with Gasteiger partial charge in [0.2, 0.25) is 0 Å². The van der Waals surface area contributed by atoms with E-state index in [9.17, 15) is 19.2 Å². The van der Waals surface area contributed by atoms with E-state index < -0.39 is 23.6 Å². The molecule has 0 bridgehead atoms. The molecule has 1 rings (SSSR count). The fourth-order valence-corrected chi connectivity index (χ4v) is 2.03. The average Bonchev–Trinajstić information content (AvgIpc) is 2.59. The van der Waals surface area contributed by atoms with Crippen LogP contribution in [0.15, 0.2) is 0 Å². The smallest absolute Gasteiger partial charge is 0.316 e. The lowest BCUT2D eigenvalue weighted by Crippen LogP contribution is -2.28. The van der Waals surface area contributed by atoms with Gasteiger partial charge in [0.15, 0.2) is 11.6 Å². The molecular formula is C12H16O5. The maximum Gasteiger partial charge on any atom is 0.316 e. The van der Waals surface area contributed by atoms with Crippen molar-refractivity contribution >= 4 is 23.3 Å². The van der Waals surface area contributed by atoms with Gasteiger partial charge in [0.25, 0.3) is 0 Å². The van der Waals surface area contributed by atoms with E-state index in [1.807, 2.05) is 0 Å². The Morgan fingerprint density at radius 2 is 1.82 bits per heavy atom. The fraction of sp³-hybridized carbons (Fsp3) is 0.667. The first-order chi connectivity index (χ1) is 7.97. The molecule has 0 amide bonds. The predicted octanol–water partition coefficient (Wildman–Crippen LogP) is 0.693. The second-order valence-corrected chi connectivity index (χ2v) is 4.18. The van der Waals surface area contributed by atoms with Crippen molar-refractivity contribution < 1.29 is 23.9 Å². The van der Waals surface area contributed by atoms with Gasteiger partial charge < -0.3 is 4.74 Å². The number of rotatable bonds is 5. The van der Waals surface area contributed by atoms with E-state index in [0.29, 0.717) is 12.8 Å². The Balaban J connectivity index is 2.64. The number of ketones is 3. The van der Waals surface area contributed by atoms with E-state index in [2.05, 4.69) is 0 Å². The van der Waals surface area contributed by atoms with Crippen molar-refractivity contribution in [3.05, 3.63) is 0 Å². The van der Waals surface area contributed by atoms with Crippen LogP contribution in [0.25, 0.3) is 0 Å². The lowest BCUT2D eigenvalue weighted by molar-refractivity contribution is -0.151. The van der Waals surface area contributed by atoms with Crippen molar-refractivity contribution in [1.29, 1.82) is 0 Å². The summed E-state index contributed by atoms with van der Waals surface area (Å²) in [6, 6.07) is 0. The first kappa shape index (κ1) is 13.5. The van der Waals surface area contributed by atoms with Gasteiger partial charge in [-0.2, -0.15) is 0 Å². The van der Waals surface area contributed by atoms with Crippen molar-refractivity contribution in [2.24, 2.45) is 11.8 Å². The number of carbonyl (C=O) groups excluding carboxylic acids is 4. The molecule has 94 valence electrons. The van der Waals surface area contributed by atoms with Crippen molar-refractivity contribution in [2.45, 2.75) is 33.1 Å². The van der Waals surface area contributed by atoms with Gasteiger partial charge in [-0.25, -0.2) is 0 Å². The Labute approximate surface area is 99.5 Å². The van der Waals surface area contributed by atoms with Crippen LogP contribution in [-0.2, 0) is 23.9 Å². The Bertz CT molecular complexity index is 358. The third-order valence-electron chi connectivity index (χ3n) is 2.81. The second-order valence-electron chi connectivity index (χ2n) is 4.18. The van der Waals surface area contributed by atoms with Gasteiger partial charge in [0, 0.05) is 0 Å². The summed E-state index contributed by atoms with van der Waals surface area (Å²) in [5, 5.41) is 0. The molecule has 0 saturated heterocycles. The molecule has 2 unspecified atom stereocenters. The van der Waals surface area contributed by atoms with E-state index in [-0.39, 0.29) is 24.6 Å². The van der Waals surface area contributed by atoms with Crippen molar-refractivity contribution in [3.63, 3.8) is 0 Å². The maximum absolute atomic E-state index is 11.8. The van der Waals surface area contributed by atoms with Gasteiger partial charge in [0.05, 0.1) is 18.9 Å². The van der Waals surface area contributed by atoms with E-state index >= 15 is 0 Å². The van der Waals surface area contributed by atoms with E-state index in [1.54, 1.807) is 6.92 Å². The normalized spacial score (nSPS) is 23.5. The molecule has 5 nitrogen and oxygen atoms in total. The van der Waals surface area contributed by atoms with Gasteiger partial charge in [-0.15, -0.1) is 0 Å². The van der Waals surface area contributed by atoms with Crippen LogP contribution in [0, 0.1) is 11.8 Å². The molecule has 1 saturated carbocycles. The lowest BCUT2D eigenvalue weighted by Gasteiger charge is -2.08. The molecule has 1 fully saturated rings. The molecule has 17 heavy (non-hydrogen) atoms. The Hall–Kier alpha value is -1.52. The number of carbonyl (C=O) groups is 4. The fourth-order valence-electron chi connectivity index (χ4n) is 2.03. The van der Waals surface area contributed by atoms with Crippen molar-refractivity contribution in [3.8, 4) is 0 Å². The zero-order valence-electron chi connectivity index (χ0n) is 10.0. The van der Waals surface area contributed by atoms with E-state index in [1.165, 1.54) is 6.92 Å². The highest BCUT2D eigenvalue weighted by atomic mass is 16.5. The molecule has 0 aromatic heterocycles. The van der Waals surface area contributed by atoms with E-state index in [4.69, 9.17) is 4.74 Å². The highest BCUT2D eigenvalue weighted by Gasteiger charge is 2.42. The topological polar surface area (TPSA) is 77.5 Å². The number of esters is 1. The average molecular weight is 240 g/mol. The van der Waals surface area contributed by atoms with Gasteiger partial charge in [-0.3, -0.25) is 19.2 Å². The third kappa shape index (κ3) is 3.22. The van der Waals surface area contributed by atoms with E-state index in [0.717, 1.165) is 0 Å². The van der Waals surface area contributed by atoms with Gasteiger partial charge in [-0.1, -0.05) is 0 Å². The molecule has 2 atom stereocenters. The molecule has 0 aromatic carbocycles. The first-order valence-electron chi connectivity index (χ1n) is 5.69. The highest BCUT2D eigenvalue weighted by Crippen LogP contribution is 2.29. The molecule has 0 radical (unpaired) electrons. The Morgan fingerprint density at radius 3 is 2.35 bits per heavy atom. The summed E-state index contributed by atoms with van der Waals surface area (Å²) in [5.74, 6) is -3.22. The first-order valence-corrected chi connectivity index (χ1v) is 5.69. The number of hydrogen-bond donors (Lipinski definition) is 0.